The lowest BCUT2D eigenvalue weighted by atomic mass is 10.1. The minimum Gasteiger partial charge on any atom is -0.337 e. The zero-order chi connectivity index (χ0) is 14.2. The Balaban J connectivity index is 1.77. The van der Waals surface area contributed by atoms with Gasteiger partial charge in [-0.05, 0) is 31.2 Å². The first kappa shape index (κ1) is 11.8. The fourth-order valence-electron chi connectivity index (χ4n) is 2.39. The van der Waals surface area contributed by atoms with Crippen molar-refractivity contribution >= 4 is 33.3 Å². The summed E-state index contributed by atoms with van der Waals surface area (Å²) in [4.78, 5) is 4.34. The number of nitrogens with zero attached hydrogens (tertiary/aromatic N) is 4. The third kappa shape index (κ3) is 1.97. The largest absolute Gasteiger partial charge is 0.337 e. The molecule has 0 saturated carbocycles. The number of nitrogens with one attached hydrogen (secondary N) is 2. The van der Waals surface area contributed by atoms with Crippen molar-refractivity contribution in [3.63, 3.8) is 0 Å². The van der Waals surface area contributed by atoms with E-state index in [2.05, 4.69) is 30.7 Å². The predicted molar refractivity (Wildman–Crippen MR) is 81.4 cm³/mol. The molecule has 3 heterocycles. The minimum absolute atomic E-state index is 0.712. The molecule has 4 aromatic rings. The lowest BCUT2D eigenvalue weighted by Gasteiger charge is -2.06. The van der Waals surface area contributed by atoms with Crippen LogP contribution in [-0.4, -0.2) is 25.4 Å². The third-order valence-corrected chi connectivity index (χ3v) is 3.43. The second-order valence-corrected chi connectivity index (χ2v) is 4.83. The minimum atomic E-state index is 0.712. The van der Waals surface area contributed by atoms with Gasteiger partial charge < -0.3 is 5.32 Å². The third-order valence-electron chi connectivity index (χ3n) is 3.43. The van der Waals surface area contributed by atoms with E-state index in [4.69, 9.17) is 0 Å². The van der Waals surface area contributed by atoms with E-state index in [0.29, 0.717) is 5.82 Å². The van der Waals surface area contributed by atoms with Crippen molar-refractivity contribution in [1.29, 1.82) is 0 Å². The Labute approximate surface area is 120 Å². The molecule has 0 fully saturated rings. The quantitative estimate of drug-likeness (QED) is 0.588. The van der Waals surface area contributed by atoms with Crippen molar-refractivity contribution in [3.05, 3.63) is 48.4 Å². The van der Waals surface area contributed by atoms with Crippen LogP contribution < -0.4 is 5.32 Å². The number of fused-ring (bicyclic) bond motifs is 2. The molecular weight excluding hydrogens is 264 g/mol. The molecule has 3 aromatic heterocycles. The number of pyridine rings is 1. The summed E-state index contributed by atoms with van der Waals surface area (Å²) in [5, 5.41) is 20.7. The maximum Gasteiger partial charge on any atom is 0.178 e. The fourth-order valence-corrected chi connectivity index (χ4v) is 2.39. The first-order valence-electron chi connectivity index (χ1n) is 6.59. The van der Waals surface area contributed by atoms with Crippen molar-refractivity contribution in [3.8, 4) is 0 Å². The van der Waals surface area contributed by atoms with Crippen LogP contribution in [0.3, 0.4) is 0 Å². The highest BCUT2D eigenvalue weighted by atomic mass is 15.2. The van der Waals surface area contributed by atoms with Gasteiger partial charge in [-0.2, -0.15) is 15.3 Å². The van der Waals surface area contributed by atoms with Crippen LogP contribution in [0.5, 0.6) is 0 Å². The summed E-state index contributed by atoms with van der Waals surface area (Å²) in [6.07, 6.45) is 3.51. The normalized spacial score (nSPS) is 11.1. The molecule has 0 spiro atoms. The smallest absolute Gasteiger partial charge is 0.178 e. The van der Waals surface area contributed by atoms with Gasteiger partial charge in [0, 0.05) is 22.7 Å². The Morgan fingerprint density at radius 2 is 2.14 bits per heavy atom. The number of rotatable bonds is 2. The molecule has 0 aliphatic rings. The SMILES string of the molecule is Cc1nncc2cc(Nc3n[nH]c4cccnc34)ccc12. The van der Waals surface area contributed by atoms with Crippen molar-refractivity contribution in [1.82, 2.24) is 25.4 Å². The lowest BCUT2D eigenvalue weighted by Crippen LogP contribution is -1.93. The van der Waals surface area contributed by atoms with Crippen molar-refractivity contribution in [2.45, 2.75) is 6.92 Å². The van der Waals surface area contributed by atoms with Gasteiger partial charge in [0.25, 0.3) is 0 Å². The number of hydrogen-bond acceptors (Lipinski definition) is 5. The van der Waals surface area contributed by atoms with Gasteiger partial charge in [0.05, 0.1) is 17.4 Å². The van der Waals surface area contributed by atoms with E-state index < -0.39 is 0 Å². The monoisotopic (exact) mass is 276 g/mol. The van der Waals surface area contributed by atoms with E-state index in [-0.39, 0.29) is 0 Å². The molecule has 0 aliphatic carbocycles. The molecule has 2 N–H and O–H groups in total. The molecule has 0 unspecified atom stereocenters. The van der Waals surface area contributed by atoms with E-state index in [1.54, 1.807) is 12.4 Å². The van der Waals surface area contributed by atoms with Gasteiger partial charge in [-0.15, -0.1) is 0 Å². The van der Waals surface area contributed by atoms with Gasteiger partial charge in [-0.1, -0.05) is 6.07 Å². The first-order chi connectivity index (χ1) is 10.3. The molecular formula is C15H12N6. The summed E-state index contributed by atoms with van der Waals surface area (Å²) in [5.74, 6) is 0.712. The lowest BCUT2D eigenvalue weighted by molar-refractivity contribution is 1.00. The maximum atomic E-state index is 4.34. The summed E-state index contributed by atoms with van der Waals surface area (Å²) in [7, 11) is 0. The summed E-state index contributed by atoms with van der Waals surface area (Å²) in [6.45, 7) is 1.95. The van der Waals surface area contributed by atoms with Crippen LogP contribution in [0.4, 0.5) is 11.5 Å². The van der Waals surface area contributed by atoms with Crippen molar-refractivity contribution < 1.29 is 0 Å². The molecule has 0 bridgehead atoms. The Kier molecular flexibility index (Phi) is 2.53. The Morgan fingerprint density at radius 3 is 3.10 bits per heavy atom. The Morgan fingerprint density at radius 1 is 1.19 bits per heavy atom. The van der Waals surface area contributed by atoms with Crippen LogP contribution in [0, 0.1) is 6.92 Å². The first-order valence-corrected chi connectivity index (χ1v) is 6.59. The number of hydrogen-bond donors (Lipinski definition) is 2. The highest BCUT2D eigenvalue weighted by Crippen LogP contribution is 2.25. The van der Waals surface area contributed by atoms with Crippen LogP contribution in [-0.2, 0) is 0 Å². The zero-order valence-electron chi connectivity index (χ0n) is 11.3. The molecule has 4 rings (SSSR count). The summed E-state index contributed by atoms with van der Waals surface area (Å²) in [6, 6.07) is 9.88. The number of benzene rings is 1. The van der Waals surface area contributed by atoms with Crippen molar-refractivity contribution in [2.75, 3.05) is 5.32 Å². The van der Waals surface area contributed by atoms with E-state index in [9.17, 15) is 0 Å². The Bertz CT molecular complexity index is 943. The zero-order valence-corrected chi connectivity index (χ0v) is 11.3. The molecule has 1 aromatic carbocycles. The predicted octanol–water partition coefficient (Wildman–Crippen LogP) is 2.95. The second kappa shape index (κ2) is 4.52. The number of anilines is 2. The van der Waals surface area contributed by atoms with E-state index >= 15 is 0 Å². The molecule has 0 amide bonds. The van der Waals surface area contributed by atoms with Gasteiger partial charge in [0.15, 0.2) is 5.82 Å². The summed E-state index contributed by atoms with van der Waals surface area (Å²) < 4.78 is 0. The second-order valence-electron chi connectivity index (χ2n) is 4.83. The molecule has 0 atom stereocenters. The van der Waals surface area contributed by atoms with Gasteiger partial charge in [0.2, 0.25) is 0 Å². The topological polar surface area (TPSA) is 79.4 Å². The highest BCUT2D eigenvalue weighted by Gasteiger charge is 2.07. The van der Waals surface area contributed by atoms with Gasteiger partial charge in [0.1, 0.15) is 5.52 Å². The maximum absolute atomic E-state index is 4.34. The molecule has 102 valence electrons. The molecule has 21 heavy (non-hydrogen) atoms. The van der Waals surface area contributed by atoms with E-state index in [1.807, 2.05) is 37.3 Å². The molecule has 0 radical (unpaired) electrons. The van der Waals surface area contributed by atoms with Crippen LogP contribution in [0.2, 0.25) is 0 Å². The van der Waals surface area contributed by atoms with Crippen LogP contribution in [0.1, 0.15) is 5.69 Å². The fraction of sp³-hybridized carbons (Fsp3) is 0.0667. The highest BCUT2D eigenvalue weighted by molar-refractivity contribution is 5.90. The number of aryl methyl sites for hydroxylation is 1. The molecule has 0 aliphatic heterocycles. The summed E-state index contributed by atoms with van der Waals surface area (Å²) >= 11 is 0. The average molecular weight is 276 g/mol. The van der Waals surface area contributed by atoms with Crippen molar-refractivity contribution in [2.24, 2.45) is 0 Å². The van der Waals surface area contributed by atoms with E-state index in [0.717, 1.165) is 33.2 Å². The number of aromatic nitrogens is 5. The summed E-state index contributed by atoms with van der Waals surface area (Å²) in [5.41, 5.74) is 3.59. The van der Waals surface area contributed by atoms with Gasteiger partial charge >= 0.3 is 0 Å². The number of aromatic amines is 1. The molecule has 6 heteroatoms. The van der Waals surface area contributed by atoms with Gasteiger partial charge in [-0.3, -0.25) is 10.1 Å². The van der Waals surface area contributed by atoms with E-state index in [1.165, 1.54) is 0 Å². The van der Waals surface area contributed by atoms with Gasteiger partial charge in [-0.25, -0.2) is 0 Å². The van der Waals surface area contributed by atoms with Crippen LogP contribution in [0.25, 0.3) is 21.8 Å². The standard InChI is InChI=1S/C15H12N6/c1-9-12-5-4-11(7-10(12)8-17-19-9)18-15-14-13(20-21-15)3-2-6-16-14/h2-8H,1H3,(H2,18,20,21). The average Bonchev–Trinajstić information content (AvgIpc) is 2.91. The molecule has 0 saturated heterocycles. The molecule has 6 nitrogen and oxygen atoms in total. The van der Waals surface area contributed by atoms with Crippen LogP contribution in [0.15, 0.2) is 42.7 Å². The number of H-pyrrole nitrogens is 1. The Hall–Kier alpha value is -3.02. The van der Waals surface area contributed by atoms with Crippen LogP contribution >= 0.6 is 0 Å².